The molecular formula is C26H57NO6P+. The van der Waals surface area contributed by atoms with Crippen LogP contribution in [0.15, 0.2) is 0 Å². The first-order chi connectivity index (χ1) is 16.1. The zero-order chi connectivity index (χ0) is 25.7. The zero-order valence-electron chi connectivity index (χ0n) is 23.0. The highest BCUT2D eigenvalue weighted by Crippen LogP contribution is 2.36. The Balaban J connectivity index is 3.70. The number of phosphoric acid groups is 1. The minimum absolute atomic E-state index is 0.0211. The molecule has 0 radical (unpaired) electrons. The number of methoxy groups -OCH3 is 1. The molecule has 0 aliphatic carbocycles. The van der Waals surface area contributed by atoms with Gasteiger partial charge in [0.05, 0.1) is 33.9 Å². The summed E-state index contributed by atoms with van der Waals surface area (Å²) in [5.41, 5.74) is 0. The highest BCUT2D eigenvalue weighted by atomic mass is 31.2. The SMILES string of the molecule is CCCCCCCCCCCCCCCCCOCC(CC(COP(=O)(O)O)[N+](C)(C)C)OC. The number of nitrogens with zero attached hydrogens (tertiary/aromatic N) is 1. The molecule has 2 unspecified atom stereocenters. The number of hydrogen-bond acceptors (Lipinski definition) is 4. The lowest BCUT2D eigenvalue weighted by atomic mass is 10.0. The minimum atomic E-state index is -4.48. The summed E-state index contributed by atoms with van der Waals surface area (Å²) < 4.78 is 27.7. The second-order valence-electron chi connectivity index (χ2n) is 10.7. The summed E-state index contributed by atoms with van der Waals surface area (Å²) >= 11 is 0. The second-order valence-corrected chi connectivity index (χ2v) is 11.9. The number of likely N-dealkylation sites (N-methyl/N-ethyl adjacent to an activating group) is 1. The number of quaternary nitrogens is 1. The monoisotopic (exact) mass is 510 g/mol. The first kappa shape index (κ1) is 34.0. The smallest absolute Gasteiger partial charge is 0.379 e. The van der Waals surface area contributed by atoms with Crippen LogP contribution in [0.4, 0.5) is 0 Å². The van der Waals surface area contributed by atoms with Crippen LogP contribution in [0.3, 0.4) is 0 Å². The number of hydrogen-bond donors (Lipinski definition) is 2. The Morgan fingerprint density at radius 3 is 1.56 bits per heavy atom. The Bertz CT molecular complexity index is 494. The maximum Gasteiger partial charge on any atom is 0.469 e. The summed E-state index contributed by atoms with van der Waals surface area (Å²) in [6, 6.07) is -0.105. The molecule has 0 rings (SSSR count). The van der Waals surface area contributed by atoms with E-state index < -0.39 is 7.82 Å². The first-order valence-corrected chi connectivity index (χ1v) is 15.2. The van der Waals surface area contributed by atoms with Crippen molar-refractivity contribution in [3.8, 4) is 0 Å². The normalized spacial score (nSPS) is 14.4. The highest BCUT2D eigenvalue weighted by molar-refractivity contribution is 7.46. The maximum atomic E-state index is 11.1. The van der Waals surface area contributed by atoms with Gasteiger partial charge in [0, 0.05) is 20.1 Å². The fourth-order valence-corrected chi connectivity index (χ4v) is 4.48. The van der Waals surface area contributed by atoms with Crippen molar-refractivity contribution in [3.05, 3.63) is 0 Å². The maximum absolute atomic E-state index is 11.1. The van der Waals surface area contributed by atoms with Crippen LogP contribution in [-0.4, -0.2) is 74.5 Å². The summed E-state index contributed by atoms with van der Waals surface area (Å²) in [5.74, 6) is 0. The Morgan fingerprint density at radius 1 is 0.735 bits per heavy atom. The van der Waals surface area contributed by atoms with Gasteiger partial charge >= 0.3 is 7.82 Å². The number of ether oxygens (including phenoxy) is 2. The molecule has 0 aromatic rings. The predicted molar refractivity (Wildman–Crippen MR) is 141 cm³/mol. The number of unbranched alkanes of at least 4 members (excludes halogenated alkanes) is 14. The summed E-state index contributed by atoms with van der Waals surface area (Å²) in [5, 5.41) is 0. The van der Waals surface area contributed by atoms with Crippen LogP contribution in [0.25, 0.3) is 0 Å². The van der Waals surface area contributed by atoms with Crippen LogP contribution in [0.2, 0.25) is 0 Å². The van der Waals surface area contributed by atoms with Gasteiger partial charge in [-0.15, -0.1) is 0 Å². The van der Waals surface area contributed by atoms with Gasteiger partial charge in [-0.25, -0.2) is 4.57 Å². The molecule has 2 atom stereocenters. The summed E-state index contributed by atoms with van der Waals surface area (Å²) in [6.07, 6.45) is 20.7. The second kappa shape index (κ2) is 21.1. The van der Waals surface area contributed by atoms with Crippen molar-refractivity contribution in [2.45, 2.75) is 122 Å². The highest BCUT2D eigenvalue weighted by Gasteiger charge is 2.30. The summed E-state index contributed by atoms with van der Waals surface area (Å²) in [6.45, 7) is 3.47. The van der Waals surface area contributed by atoms with Crippen LogP contribution in [0.1, 0.15) is 110 Å². The van der Waals surface area contributed by atoms with E-state index in [1.807, 2.05) is 21.1 Å². The van der Waals surface area contributed by atoms with Gasteiger partial charge in [0.1, 0.15) is 12.6 Å². The van der Waals surface area contributed by atoms with Gasteiger partial charge in [-0.3, -0.25) is 4.52 Å². The lowest BCUT2D eigenvalue weighted by Crippen LogP contribution is -2.49. The van der Waals surface area contributed by atoms with E-state index in [2.05, 4.69) is 6.92 Å². The van der Waals surface area contributed by atoms with E-state index in [1.54, 1.807) is 7.11 Å². The van der Waals surface area contributed by atoms with E-state index in [0.29, 0.717) is 17.5 Å². The minimum Gasteiger partial charge on any atom is -0.379 e. The molecule has 0 spiro atoms. The van der Waals surface area contributed by atoms with Crippen molar-refractivity contribution in [1.82, 2.24) is 0 Å². The third-order valence-electron chi connectivity index (χ3n) is 6.59. The third kappa shape index (κ3) is 22.5. The van der Waals surface area contributed by atoms with Gasteiger partial charge in [-0.05, 0) is 6.42 Å². The van der Waals surface area contributed by atoms with Crippen LogP contribution in [0.5, 0.6) is 0 Å². The van der Waals surface area contributed by atoms with Gasteiger partial charge in [-0.1, -0.05) is 96.8 Å². The molecule has 8 heteroatoms. The Kier molecular flexibility index (Phi) is 21.1. The van der Waals surface area contributed by atoms with Gasteiger partial charge in [-0.2, -0.15) is 0 Å². The van der Waals surface area contributed by atoms with Gasteiger partial charge in [0.15, 0.2) is 0 Å². The molecule has 2 N–H and O–H groups in total. The molecule has 0 heterocycles. The topological polar surface area (TPSA) is 85.2 Å². The average Bonchev–Trinajstić information content (AvgIpc) is 2.75. The largest absolute Gasteiger partial charge is 0.469 e. The van der Waals surface area contributed by atoms with Crippen molar-refractivity contribution >= 4 is 7.82 Å². The van der Waals surface area contributed by atoms with Crippen molar-refractivity contribution in [2.75, 3.05) is 48.1 Å². The zero-order valence-corrected chi connectivity index (χ0v) is 23.9. The van der Waals surface area contributed by atoms with E-state index in [1.165, 1.54) is 89.9 Å². The molecule has 0 fully saturated rings. The van der Waals surface area contributed by atoms with E-state index in [4.69, 9.17) is 23.8 Å². The van der Waals surface area contributed by atoms with Gasteiger partial charge < -0.3 is 23.7 Å². The van der Waals surface area contributed by atoms with E-state index in [0.717, 1.165) is 13.0 Å². The van der Waals surface area contributed by atoms with Crippen molar-refractivity contribution in [1.29, 1.82) is 0 Å². The average molecular weight is 511 g/mol. The summed E-state index contributed by atoms with van der Waals surface area (Å²) in [7, 11) is 3.12. The molecule has 0 saturated heterocycles. The predicted octanol–water partition coefficient (Wildman–Crippen LogP) is 6.46. The molecule has 34 heavy (non-hydrogen) atoms. The Hall–Kier alpha value is -0.0100. The summed E-state index contributed by atoms with van der Waals surface area (Å²) in [4.78, 5) is 18.0. The lowest BCUT2D eigenvalue weighted by molar-refractivity contribution is -0.897. The van der Waals surface area contributed by atoms with Crippen LogP contribution in [0, 0.1) is 0 Å². The molecule has 0 aliphatic rings. The molecule has 7 nitrogen and oxygen atoms in total. The van der Waals surface area contributed by atoms with E-state index in [-0.39, 0.29) is 18.8 Å². The molecule has 0 bridgehead atoms. The number of rotatable bonds is 25. The van der Waals surface area contributed by atoms with Crippen LogP contribution >= 0.6 is 7.82 Å². The molecular weight excluding hydrogens is 453 g/mol. The molecule has 0 saturated carbocycles. The fourth-order valence-electron chi connectivity index (χ4n) is 4.12. The van der Waals surface area contributed by atoms with Crippen molar-refractivity contribution in [3.63, 3.8) is 0 Å². The Morgan fingerprint density at radius 2 is 1.18 bits per heavy atom. The molecule has 0 aromatic carbocycles. The van der Waals surface area contributed by atoms with E-state index in [9.17, 15) is 4.57 Å². The van der Waals surface area contributed by atoms with Crippen molar-refractivity contribution < 1.29 is 32.8 Å². The third-order valence-corrected chi connectivity index (χ3v) is 7.08. The van der Waals surface area contributed by atoms with Crippen molar-refractivity contribution in [2.24, 2.45) is 0 Å². The standard InChI is InChI=1S/C26H56NO6P/c1-6-7-8-9-10-11-12-13-14-15-16-17-18-19-20-21-32-24-26(31-5)22-25(27(2,3)4)23-33-34(28,29)30/h25-26H,6-24H2,1-5H3,(H-,28,29,30)/p+1. The van der Waals surface area contributed by atoms with Gasteiger partial charge in [0.25, 0.3) is 0 Å². The lowest BCUT2D eigenvalue weighted by Gasteiger charge is -2.35. The molecule has 0 aromatic heterocycles. The first-order valence-electron chi connectivity index (χ1n) is 13.7. The molecule has 206 valence electrons. The van der Waals surface area contributed by atoms with Crippen LogP contribution in [-0.2, 0) is 18.6 Å². The Labute approximate surface area is 210 Å². The fraction of sp³-hybridized carbons (Fsp3) is 1.00. The molecule has 0 amide bonds. The molecule has 0 aliphatic heterocycles. The van der Waals surface area contributed by atoms with E-state index >= 15 is 0 Å². The number of phosphoric ester groups is 1. The van der Waals surface area contributed by atoms with Crippen LogP contribution < -0.4 is 0 Å². The van der Waals surface area contributed by atoms with Gasteiger partial charge in [0.2, 0.25) is 0 Å². The quantitative estimate of drug-likeness (QED) is 0.0832.